The van der Waals surface area contributed by atoms with E-state index < -0.39 is 17.5 Å². The molecule has 0 spiro atoms. The van der Waals surface area contributed by atoms with E-state index in [4.69, 9.17) is 33.9 Å². The molecule has 54 heavy (non-hydrogen) atoms. The largest absolute Gasteiger partial charge is 0.400 e. The van der Waals surface area contributed by atoms with E-state index in [0.717, 1.165) is 39.1 Å². The Kier molecular flexibility index (Phi) is 38.4. The fraction of sp³-hybridized carbons (Fsp3) is 0.905. The van der Waals surface area contributed by atoms with Crippen molar-refractivity contribution >= 4 is 12.1 Å². The molecule has 12 heteroatoms. The van der Waals surface area contributed by atoms with E-state index in [0.29, 0.717) is 50.9 Å². The third-order valence-electron chi connectivity index (χ3n) is 9.40. The van der Waals surface area contributed by atoms with Gasteiger partial charge in [0.05, 0.1) is 54.9 Å². The standard InChI is InChI=1S/C23H44O5.C10H20O3.C6H12O2.C2H7N.CH4O/c1-10-20(27-8)23(7,26)14-19(5)21(25)18(4)13-22(6,28-9)12-16(2)11-17(3)15-24;1-5-7-12-8(3)9(4)13-10(11)6-2;1-5-2-3-6(7)4-8-5;1-3-2;1-2/h15-20,26H,10-14H2,1-9H3;5,8-11H,1,6-7H2,2-4H3;5-7H,2-4H2,1H3;3H,1-2H3;2H,1H3/t16-,17?,18+,19+,20+,22?,23?;8-,9?,10-;5-,6?;;/m011../s1. The fourth-order valence-electron chi connectivity index (χ4n) is 6.39. The molecule has 5 N–H and O–H groups in total. The Labute approximate surface area is 331 Å². The summed E-state index contributed by atoms with van der Waals surface area (Å²) in [6.07, 6.45) is 7.54. The molecule has 0 saturated carbocycles. The quantitative estimate of drug-likeness (QED) is 0.0483. The van der Waals surface area contributed by atoms with Crippen LogP contribution >= 0.6 is 0 Å². The lowest BCUT2D eigenvalue weighted by Crippen LogP contribution is -2.43. The summed E-state index contributed by atoms with van der Waals surface area (Å²) in [6.45, 7) is 25.9. The minimum Gasteiger partial charge on any atom is -0.400 e. The number of nitrogens with one attached hydrogen (secondary N) is 1. The number of Topliss-reactive ketones (excluding diaryl/α,β-unsaturated/α-hetero) is 1. The smallest absolute Gasteiger partial charge is 0.154 e. The van der Waals surface area contributed by atoms with Crippen LogP contribution in [0.2, 0.25) is 0 Å². The summed E-state index contributed by atoms with van der Waals surface area (Å²) in [7, 11) is 8.03. The molecule has 0 bridgehead atoms. The van der Waals surface area contributed by atoms with Crippen molar-refractivity contribution in [2.45, 2.75) is 176 Å². The van der Waals surface area contributed by atoms with Crippen molar-refractivity contribution < 1.29 is 53.7 Å². The minimum atomic E-state index is -1.04. The van der Waals surface area contributed by atoms with Crippen molar-refractivity contribution in [1.29, 1.82) is 0 Å². The summed E-state index contributed by atoms with van der Waals surface area (Å²) in [5.74, 6) is 0.0719. The van der Waals surface area contributed by atoms with Crippen molar-refractivity contribution in [2.75, 3.05) is 48.6 Å². The molecule has 0 aromatic carbocycles. The van der Waals surface area contributed by atoms with Gasteiger partial charge in [-0.15, -0.1) is 6.58 Å². The summed E-state index contributed by atoms with van der Waals surface area (Å²) in [4.78, 5) is 23.9. The average molecular weight is 782 g/mol. The van der Waals surface area contributed by atoms with Gasteiger partial charge in [-0.1, -0.05) is 47.6 Å². The predicted octanol–water partition coefficient (Wildman–Crippen LogP) is 6.14. The molecular weight excluding hydrogens is 694 g/mol. The van der Waals surface area contributed by atoms with E-state index in [1.54, 1.807) is 27.2 Å². The van der Waals surface area contributed by atoms with E-state index in [1.807, 2.05) is 76.4 Å². The van der Waals surface area contributed by atoms with Crippen molar-refractivity contribution in [3.8, 4) is 0 Å². The molecule has 1 fully saturated rings. The third kappa shape index (κ3) is 29.9. The molecule has 0 radical (unpaired) electrons. The van der Waals surface area contributed by atoms with Crippen LogP contribution in [0.5, 0.6) is 0 Å². The second kappa shape index (κ2) is 34.9. The van der Waals surface area contributed by atoms with Crippen LogP contribution in [0.1, 0.15) is 128 Å². The Morgan fingerprint density at radius 2 is 1.50 bits per heavy atom. The van der Waals surface area contributed by atoms with E-state index in [9.17, 15) is 19.8 Å². The highest BCUT2D eigenvalue weighted by Crippen LogP contribution is 2.33. The van der Waals surface area contributed by atoms with Gasteiger partial charge in [-0.05, 0) is 106 Å². The van der Waals surface area contributed by atoms with Crippen molar-refractivity contribution in [1.82, 2.24) is 5.32 Å². The van der Waals surface area contributed by atoms with Crippen LogP contribution in [0, 0.1) is 23.7 Å². The summed E-state index contributed by atoms with van der Waals surface area (Å²) in [5.41, 5.74) is -1.46. The van der Waals surface area contributed by atoms with Gasteiger partial charge in [-0.3, -0.25) is 4.79 Å². The number of aliphatic hydroxyl groups excluding tert-OH is 3. The van der Waals surface area contributed by atoms with Gasteiger partial charge in [0, 0.05) is 39.1 Å². The number of hydrogen-bond acceptors (Lipinski definition) is 12. The highest BCUT2D eigenvalue weighted by atomic mass is 16.6. The molecule has 12 nitrogen and oxygen atoms in total. The van der Waals surface area contributed by atoms with Gasteiger partial charge >= 0.3 is 0 Å². The lowest BCUT2D eigenvalue weighted by Gasteiger charge is -2.36. The predicted molar refractivity (Wildman–Crippen MR) is 220 cm³/mol. The Bertz CT molecular complexity index is 870. The molecule has 0 amide bonds. The molecular formula is C42H87NO11. The lowest BCUT2D eigenvalue weighted by molar-refractivity contribution is -0.163. The molecule has 1 aliphatic heterocycles. The first kappa shape index (κ1) is 59.4. The second-order valence-corrected chi connectivity index (χ2v) is 15.3. The van der Waals surface area contributed by atoms with Crippen molar-refractivity contribution in [2.24, 2.45) is 23.7 Å². The van der Waals surface area contributed by atoms with Gasteiger partial charge in [0.1, 0.15) is 12.1 Å². The maximum atomic E-state index is 13.0. The molecule has 0 aromatic heterocycles. The molecule has 326 valence electrons. The first-order chi connectivity index (χ1) is 25.2. The normalized spacial score (nSPS) is 21.9. The number of aldehydes is 1. The Balaban J connectivity index is -0.000000391. The number of carbonyl (C=O) groups is 2. The van der Waals surface area contributed by atoms with Crippen LogP contribution in [0.25, 0.3) is 0 Å². The van der Waals surface area contributed by atoms with Gasteiger partial charge < -0.3 is 54.2 Å². The van der Waals surface area contributed by atoms with E-state index >= 15 is 0 Å². The number of carbonyl (C=O) groups excluding carboxylic acids is 2. The van der Waals surface area contributed by atoms with Crippen LogP contribution in [-0.4, -0.2) is 129 Å². The Hall–Kier alpha value is -1.32. The van der Waals surface area contributed by atoms with Gasteiger partial charge in [-0.2, -0.15) is 0 Å². The average Bonchev–Trinajstić information content (AvgIpc) is 3.12. The maximum absolute atomic E-state index is 13.0. The van der Waals surface area contributed by atoms with Gasteiger partial charge in [0.15, 0.2) is 6.29 Å². The van der Waals surface area contributed by atoms with Crippen LogP contribution < -0.4 is 5.32 Å². The topological polar surface area (TPSA) is 173 Å². The van der Waals surface area contributed by atoms with Crippen LogP contribution in [0.15, 0.2) is 12.7 Å². The SMILES string of the molecule is C=CCO[C@H](C)C(C)O[C@@H](O)CC.CC[C@@H](OC)C(C)(O)C[C@@H](C)C(=O)[C@H](C)CC(C)(C[C@@H](C)CC(C)C=O)OC.CNC.CO.C[C@@H]1CCC(O)CO1. The van der Waals surface area contributed by atoms with Crippen LogP contribution in [0.3, 0.4) is 0 Å². The molecule has 0 aromatic rings. The number of ketones is 1. The van der Waals surface area contributed by atoms with Crippen molar-refractivity contribution in [3.05, 3.63) is 12.7 Å². The lowest BCUT2D eigenvalue weighted by atomic mass is 9.77. The zero-order chi connectivity index (χ0) is 43.1. The third-order valence-corrected chi connectivity index (χ3v) is 9.40. The number of ether oxygens (including phenoxy) is 5. The monoisotopic (exact) mass is 782 g/mol. The summed E-state index contributed by atoms with van der Waals surface area (Å²) >= 11 is 0. The molecule has 1 heterocycles. The summed E-state index contributed by atoms with van der Waals surface area (Å²) < 4.78 is 26.9. The minimum absolute atomic E-state index is 0.0285. The van der Waals surface area contributed by atoms with E-state index in [-0.39, 0.29) is 48.0 Å². The number of rotatable bonds is 22. The molecule has 12 atom stereocenters. The Morgan fingerprint density at radius 3 is 1.89 bits per heavy atom. The molecule has 0 aliphatic carbocycles. The second-order valence-electron chi connectivity index (χ2n) is 15.3. The van der Waals surface area contributed by atoms with Crippen LogP contribution in [-0.2, 0) is 33.3 Å². The molecule has 1 rings (SSSR count). The first-order valence-corrected chi connectivity index (χ1v) is 19.9. The van der Waals surface area contributed by atoms with Gasteiger partial charge in [0.2, 0.25) is 0 Å². The molecule has 1 saturated heterocycles. The van der Waals surface area contributed by atoms with Crippen LogP contribution in [0.4, 0.5) is 0 Å². The summed E-state index contributed by atoms with van der Waals surface area (Å²) in [5, 5.41) is 38.6. The summed E-state index contributed by atoms with van der Waals surface area (Å²) in [6, 6.07) is 0. The first-order valence-electron chi connectivity index (χ1n) is 19.9. The Morgan fingerprint density at radius 1 is 0.963 bits per heavy atom. The number of hydrogen-bond donors (Lipinski definition) is 5. The number of methoxy groups -OCH3 is 2. The van der Waals surface area contributed by atoms with Gasteiger partial charge in [-0.25, -0.2) is 0 Å². The molecule has 5 unspecified atom stereocenters. The highest BCUT2D eigenvalue weighted by molar-refractivity contribution is 5.83. The van der Waals surface area contributed by atoms with E-state index in [1.165, 1.54) is 0 Å². The number of aliphatic hydroxyl groups is 4. The highest BCUT2D eigenvalue weighted by Gasteiger charge is 2.37. The fourth-order valence-corrected chi connectivity index (χ4v) is 6.39. The van der Waals surface area contributed by atoms with Gasteiger partial charge in [0.25, 0.3) is 0 Å². The van der Waals surface area contributed by atoms with E-state index in [2.05, 4.69) is 18.8 Å². The molecule has 1 aliphatic rings. The zero-order valence-electron chi connectivity index (χ0n) is 37.4. The maximum Gasteiger partial charge on any atom is 0.154 e. The van der Waals surface area contributed by atoms with Crippen molar-refractivity contribution in [3.63, 3.8) is 0 Å². The zero-order valence-corrected chi connectivity index (χ0v) is 37.4.